The highest BCUT2D eigenvalue weighted by Crippen LogP contribution is 2.26. The average molecular weight is 198 g/mol. The molecule has 2 rings (SSSR count). The Balaban J connectivity index is 2.27. The Morgan fingerprint density at radius 2 is 1.86 bits per heavy atom. The molecule has 1 aromatic rings. The second kappa shape index (κ2) is 3.36. The SMILES string of the molecule is O=C1CC(c2cc(F)cc(F)c2)CO1. The van der Waals surface area contributed by atoms with E-state index in [4.69, 9.17) is 4.74 Å². The summed E-state index contributed by atoms with van der Waals surface area (Å²) >= 11 is 0. The zero-order valence-electron chi connectivity index (χ0n) is 7.30. The third kappa shape index (κ3) is 1.73. The van der Waals surface area contributed by atoms with Crippen LogP contribution in [0.5, 0.6) is 0 Å². The maximum absolute atomic E-state index is 12.8. The lowest BCUT2D eigenvalue weighted by molar-refractivity contribution is -0.137. The van der Waals surface area contributed by atoms with Crippen LogP contribution in [0.25, 0.3) is 0 Å². The largest absolute Gasteiger partial charge is 0.465 e. The molecule has 1 aromatic carbocycles. The highest BCUT2D eigenvalue weighted by atomic mass is 19.1. The number of hydrogen-bond acceptors (Lipinski definition) is 2. The first-order valence-electron chi connectivity index (χ1n) is 4.27. The average Bonchev–Trinajstić information content (AvgIpc) is 2.50. The van der Waals surface area contributed by atoms with Gasteiger partial charge in [0.2, 0.25) is 0 Å². The Labute approximate surface area is 79.5 Å². The molecule has 0 radical (unpaired) electrons. The highest BCUT2D eigenvalue weighted by molar-refractivity contribution is 5.72. The summed E-state index contributed by atoms with van der Waals surface area (Å²) in [5.74, 6) is -1.79. The number of esters is 1. The molecule has 14 heavy (non-hydrogen) atoms. The van der Waals surface area contributed by atoms with E-state index < -0.39 is 11.6 Å². The maximum Gasteiger partial charge on any atom is 0.306 e. The molecular weight excluding hydrogens is 190 g/mol. The molecule has 1 aliphatic heterocycles. The van der Waals surface area contributed by atoms with Gasteiger partial charge in [0.1, 0.15) is 11.6 Å². The number of hydrogen-bond donors (Lipinski definition) is 0. The van der Waals surface area contributed by atoms with Gasteiger partial charge in [-0.1, -0.05) is 0 Å². The molecule has 74 valence electrons. The van der Waals surface area contributed by atoms with Crippen LogP contribution in [0, 0.1) is 11.6 Å². The molecule has 0 spiro atoms. The molecule has 0 N–H and O–H groups in total. The van der Waals surface area contributed by atoms with Crippen LogP contribution >= 0.6 is 0 Å². The van der Waals surface area contributed by atoms with Crippen molar-refractivity contribution in [3.8, 4) is 0 Å². The summed E-state index contributed by atoms with van der Waals surface area (Å²) in [6.45, 7) is 0.210. The molecule has 1 unspecified atom stereocenters. The third-order valence-corrected chi connectivity index (χ3v) is 2.21. The molecule has 1 heterocycles. The number of ether oxygens (including phenoxy) is 1. The lowest BCUT2D eigenvalue weighted by Gasteiger charge is -2.06. The van der Waals surface area contributed by atoms with Gasteiger partial charge in [0.25, 0.3) is 0 Å². The lowest BCUT2D eigenvalue weighted by Crippen LogP contribution is -1.99. The monoisotopic (exact) mass is 198 g/mol. The van der Waals surface area contributed by atoms with Crippen molar-refractivity contribution in [1.29, 1.82) is 0 Å². The Hall–Kier alpha value is -1.45. The van der Waals surface area contributed by atoms with Crippen molar-refractivity contribution in [3.63, 3.8) is 0 Å². The normalized spacial score (nSPS) is 21.0. The van der Waals surface area contributed by atoms with Crippen LogP contribution in [0.15, 0.2) is 18.2 Å². The summed E-state index contributed by atoms with van der Waals surface area (Å²) in [4.78, 5) is 10.8. The molecule has 0 aliphatic carbocycles. The van der Waals surface area contributed by atoms with E-state index in [1.807, 2.05) is 0 Å². The van der Waals surface area contributed by atoms with Crippen LogP contribution < -0.4 is 0 Å². The summed E-state index contributed by atoms with van der Waals surface area (Å²) in [5.41, 5.74) is 0.480. The van der Waals surface area contributed by atoms with E-state index in [2.05, 4.69) is 0 Å². The van der Waals surface area contributed by atoms with E-state index in [-0.39, 0.29) is 24.9 Å². The van der Waals surface area contributed by atoms with Crippen LogP contribution in [-0.2, 0) is 9.53 Å². The Morgan fingerprint density at radius 3 is 2.36 bits per heavy atom. The molecule has 4 heteroatoms. The van der Waals surface area contributed by atoms with Gasteiger partial charge in [-0.15, -0.1) is 0 Å². The van der Waals surface area contributed by atoms with E-state index in [1.54, 1.807) is 0 Å². The van der Waals surface area contributed by atoms with Gasteiger partial charge >= 0.3 is 5.97 Å². The minimum absolute atomic E-state index is 0.197. The van der Waals surface area contributed by atoms with E-state index in [1.165, 1.54) is 12.1 Å². The first-order chi connectivity index (χ1) is 6.65. The van der Waals surface area contributed by atoms with Gasteiger partial charge in [-0.2, -0.15) is 0 Å². The van der Waals surface area contributed by atoms with Crippen LogP contribution in [0.4, 0.5) is 8.78 Å². The van der Waals surface area contributed by atoms with Crippen molar-refractivity contribution in [2.45, 2.75) is 12.3 Å². The van der Waals surface area contributed by atoms with Gasteiger partial charge in [-0.05, 0) is 17.7 Å². The lowest BCUT2D eigenvalue weighted by atomic mass is 9.98. The van der Waals surface area contributed by atoms with E-state index >= 15 is 0 Å². The quantitative estimate of drug-likeness (QED) is 0.645. The molecule has 1 aliphatic rings. The minimum Gasteiger partial charge on any atom is -0.465 e. The Morgan fingerprint density at radius 1 is 1.21 bits per heavy atom. The van der Waals surface area contributed by atoms with Gasteiger partial charge in [-0.25, -0.2) is 8.78 Å². The predicted octanol–water partition coefficient (Wildman–Crippen LogP) is 2.00. The van der Waals surface area contributed by atoms with Crippen molar-refractivity contribution in [1.82, 2.24) is 0 Å². The zero-order chi connectivity index (χ0) is 10.1. The van der Waals surface area contributed by atoms with Crippen molar-refractivity contribution in [3.05, 3.63) is 35.4 Å². The van der Waals surface area contributed by atoms with Gasteiger partial charge < -0.3 is 4.74 Å². The molecule has 1 atom stereocenters. The number of benzene rings is 1. The molecular formula is C10H8F2O2. The standard InChI is InChI=1S/C10H8F2O2/c11-8-1-6(2-9(12)4-8)7-3-10(13)14-5-7/h1-2,4,7H,3,5H2. The van der Waals surface area contributed by atoms with Gasteiger partial charge in [-0.3, -0.25) is 4.79 Å². The molecule has 0 bridgehead atoms. The smallest absolute Gasteiger partial charge is 0.306 e. The zero-order valence-corrected chi connectivity index (χ0v) is 7.30. The van der Waals surface area contributed by atoms with Gasteiger partial charge in [0.05, 0.1) is 13.0 Å². The van der Waals surface area contributed by atoms with Gasteiger partial charge in [0.15, 0.2) is 0 Å². The number of carbonyl (C=O) groups is 1. The number of carbonyl (C=O) groups excluding carboxylic acids is 1. The minimum atomic E-state index is -0.626. The fourth-order valence-corrected chi connectivity index (χ4v) is 1.54. The predicted molar refractivity (Wildman–Crippen MR) is 44.7 cm³/mol. The number of rotatable bonds is 1. The Bertz CT molecular complexity index is 356. The molecule has 0 saturated carbocycles. The van der Waals surface area contributed by atoms with Crippen molar-refractivity contribution >= 4 is 5.97 Å². The third-order valence-electron chi connectivity index (χ3n) is 2.21. The Kier molecular flexibility index (Phi) is 2.19. The summed E-state index contributed by atoms with van der Waals surface area (Å²) in [5, 5.41) is 0. The second-order valence-electron chi connectivity index (χ2n) is 3.29. The van der Waals surface area contributed by atoms with Crippen LogP contribution in [-0.4, -0.2) is 12.6 Å². The van der Waals surface area contributed by atoms with Crippen LogP contribution in [0.2, 0.25) is 0 Å². The molecule has 1 saturated heterocycles. The fraction of sp³-hybridized carbons (Fsp3) is 0.300. The molecule has 0 amide bonds. The highest BCUT2D eigenvalue weighted by Gasteiger charge is 2.25. The number of halogens is 2. The summed E-state index contributed by atoms with van der Waals surface area (Å²) in [6.07, 6.45) is 0.197. The maximum atomic E-state index is 12.8. The molecule has 0 aromatic heterocycles. The topological polar surface area (TPSA) is 26.3 Å². The van der Waals surface area contributed by atoms with Crippen molar-refractivity contribution in [2.24, 2.45) is 0 Å². The second-order valence-corrected chi connectivity index (χ2v) is 3.29. The fourth-order valence-electron chi connectivity index (χ4n) is 1.54. The van der Waals surface area contributed by atoms with Crippen LogP contribution in [0.1, 0.15) is 17.9 Å². The first kappa shape index (κ1) is 9.12. The summed E-state index contributed by atoms with van der Waals surface area (Å²) < 4.78 is 30.3. The number of cyclic esters (lactones) is 1. The van der Waals surface area contributed by atoms with Gasteiger partial charge in [0, 0.05) is 12.0 Å². The van der Waals surface area contributed by atoms with Crippen molar-refractivity contribution in [2.75, 3.05) is 6.61 Å². The van der Waals surface area contributed by atoms with E-state index in [9.17, 15) is 13.6 Å². The summed E-state index contributed by atoms with van der Waals surface area (Å²) in [7, 11) is 0. The van der Waals surface area contributed by atoms with E-state index in [0.29, 0.717) is 5.56 Å². The molecule has 2 nitrogen and oxygen atoms in total. The summed E-state index contributed by atoms with van der Waals surface area (Å²) in [6, 6.07) is 3.27. The van der Waals surface area contributed by atoms with E-state index in [0.717, 1.165) is 6.07 Å². The van der Waals surface area contributed by atoms with Crippen LogP contribution in [0.3, 0.4) is 0 Å². The first-order valence-corrected chi connectivity index (χ1v) is 4.27. The van der Waals surface area contributed by atoms with Crippen molar-refractivity contribution < 1.29 is 18.3 Å². The molecule has 1 fully saturated rings.